The van der Waals surface area contributed by atoms with Crippen molar-refractivity contribution in [3.8, 4) is 23.5 Å². The summed E-state index contributed by atoms with van der Waals surface area (Å²) in [5.41, 5.74) is 0. The van der Waals surface area contributed by atoms with Crippen LogP contribution in [0.1, 0.15) is 126 Å². The third-order valence-corrected chi connectivity index (χ3v) is 10.4. The van der Waals surface area contributed by atoms with Crippen LogP contribution in [-0.2, 0) is 9.59 Å². The highest BCUT2D eigenvalue weighted by Gasteiger charge is 2.24. The van der Waals surface area contributed by atoms with Crippen LogP contribution in [0.15, 0.2) is 24.3 Å². The van der Waals surface area contributed by atoms with Gasteiger partial charge >= 0.3 is 11.9 Å². The van der Waals surface area contributed by atoms with E-state index < -0.39 is 11.9 Å². The lowest BCUT2D eigenvalue weighted by Gasteiger charge is -2.24. The molecule has 6 N–H and O–H groups in total. The van der Waals surface area contributed by atoms with E-state index in [-0.39, 0.29) is 47.1 Å². The maximum atomic E-state index is 10.6. The molecule has 0 aliphatic carbocycles. The SMILES string of the molecule is O=C(O)CCCCCCCCCC(SSC(CCCCCCCCCC(=O)O)n1c(O)ccc1O)n1c(O)ccc1O. The van der Waals surface area contributed by atoms with Crippen LogP contribution in [-0.4, -0.2) is 51.7 Å². The number of aromatic hydroxyl groups is 4. The maximum Gasteiger partial charge on any atom is 0.303 e. The number of carboxylic acids is 2. The number of carbonyl (C=O) groups is 2. The molecular formula is C30H48N2O8S2. The van der Waals surface area contributed by atoms with Crippen LogP contribution in [0.3, 0.4) is 0 Å². The molecule has 0 aliphatic heterocycles. The monoisotopic (exact) mass is 628 g/mol. The smallest absolute Gasteiger partial charge is 0.303 e. The largest absolute Gasteiger partial charge is 0.494 e. The summed E-state index contributed by atoms with van der Waals surface area (Å²) < 4.78 is 3.03. The van der Waals surface area contributed by atoms with Crippen molar-refractivity contribution in [2.24, 2.45) is 0 Å². The van der Waals surface area contributed by atoms with Gasteiger partial charge in [-0.05, 0) is 25.7 Å². The lowest BCUT2D eigenvalue weighted by molar-refractivity contribution is -0.138. The minimum atomic E-state index is -0.751. The fraction of sp³-hybridized carbons (Fsp3) is 0.667. The Hall–Kier alpha value is -2.60. The van der Waals surface area contributed by atoms with Crippen LogP contribution in [0.4, 0.5) is 0 Å². The van der Waals surface area contributed by atoms with Crippen molar-refractivity contribution in [1.29, 1.82) is 0 Å². The molecule has 0 aromatic carbocycles. The number of hydrogen-bond donors (Lipinski definition) is 6. The molecule has 0 spiro atoms. The molecule has 2 heterocycles. The van der Waals surface area contributed by atoms with Crippen LogP contribution in [0.25, 0.3) is 0 Å². The number of nitrogens with zero attached hydrogens (tertiary/aromatic N) is 2. The van der Waals surface area contributed by atoms with Crippen molar-refractivity contribution in [2.45, 2.75) is 126 Å². The lowest BCUT2D eigenvalue weighted by Crippen LogP contribution is -2.07. The molecule has 2 aromatic heterocycles. The molecule has 2 atom stereocenters. The third kappa shape index (κ3) is 13.6. The van der Waals surface area contributed by atoms with Crippen molar-refractivity contribution in [3.05, 3.63) is 24.3 Å². The summed E-state index contributed by atoms with van der Waals surface area (Å²) in [5, 5.41) is 58.7. The second-order valence-electron chi connectivity index (χ2n) is 10.8. The maximum absolute atomic E-state index is 10.6. The Labute approximate surface area is 256 Å². The zero-order valence-electron chi connectivity index (χ0n) is 24.4. The highest BCUT2D eigenvalue weighted by atomic mass is 33.1. The molecular weight excluding hydrogens is 580 g/mol. The average Bonchev–Trinajstić information content (AvgIpc) is 3.45. The normalized spacial score (nSPS) is 12.9. The van der Waals surface area contributed by atoms with Gasteiger partial charge in [0.15, 0.2) is 23.5 Å². The zero-order chi connectivity index (χ0) is 30.7. The van der Waals surface area contributed by atoms with Crippen LogP contribution in [0, 0.1) is 0 Å². The van der Waals surface area contributed by atoms with Gasteiger partial charge in [0.1, 0.15) is 0 Å². The van der Waals surface area contributed by atoms with Gasteiger partial charge in [0.25, 0.3) is 0 Å². The fourth-order valence-corrected chi connectivity index (χ4v) is 8.22. The summed E-state index contributed by atoms with van der Waals surface area (Å²) in [6.07, 6.45) is 15.1. The first kappa shape index (κ1) is 35.6. The van der Waals surface area contributed by atoms with Gasteiger partial charge < -0.3 is 30.6 Å². The van der Waals surface area contributed by atoms with Crippen molar-refractivity contribution in [3.63, 3.8) is 0 Å². The van der Waals surface area contributed by atoms with Gasteiger partial charge in [-0.25, -0.2) is 0 Å². The van der Waals surface area contributed by atoms with Crippen molar-refractivity contribution >= 4 is 33.5 Å². The third-order valence-electron chi connectivity index (χ3n) is 7.29. The molecule has 10 nitrogen and oxygen atoms in total. The first-order valence-electron chi connectivity index (χ1n) is 15.1. The van der Waals surface area contributed by atoms with E-state index in [1.807, 2.05) is 0 Å². The van der Waals surface area contributed by atoms with Crippen molar-refractivity contribution < 1.29 is 40.2 Å². The standard InChI is InChI=1S/C30H48N2O8S2/c33-23-19-20-24(34)31(23)27(15-11-7-3-1-5-9-13-17-29(37)38)41-42-28(32-25(35)21-22-26(32)36)16-12-8-4-2-6-10-14-18-30(39)40/h19-22,27-28,33-36H,1-18H2,(H,37,38)(H,39,40). The van der Waals surface area contributed by atoms with Crippen molar-refractivity contribution in [2.75, 3.05) is 0 Å². The molecule has 2 aromatic rings. The summed E-state index contributed by atoms with van der Waals surface area (Å²) in [7, 11) is 3.00. The summed E-state index contributed by atoms with van der Waals surface area (Å²) >= 11 is 0. The number of hydrogen-bond acceptors (Lipinski definition) is 8. The zero-order valence-corrected chi connectivity index (χ0v) is 26.0. The predicted molar refractivity (Wildman–Crippen MR) is 167 cm³/mol. The number of rotatable bonds is 25. The Morgan fingerprint density at radius 2 is 0.762 bits per heavy atom. The second kappa shape index (κ2) is 20.3. The summed E-state index contributed by atoms with van der Waals surface area (Å²) in [5.74, 6) is -1.57. The molecule has 42 heavy (non-hydrogen) atoms. The minimum Gasteiger partial charge on any atom is -0.494 e. The molecule has 12 heteroatoms. The Morgan fingerprint density at radius 3 is 1.05 bits per heavy atom. The minimum absolute atomic E-state index is 0.0180. The van der Waals surface area contributed by atoms with E-state index in [1.54, 1.807) is 0 Å². The van der Waals surface area contributed by atoms with Gasteiger partial charge in [-0.1, -0.05) is 98.6 Å². The van der Waals surface area contributed by atoms with E-state index in [0.29, 0.717) is 25.7 Å². The first-order valence-corrected chi connectivity index (χ1v) is 17.4. The van der Waals surface area contributed by atoms with Crippen molar-refractivity contribution in [1.82, 2.24) is 9.13 Å². The average molecular weight is 629 g/mol. The predicted octanol–water partition coefficient (Wildman–Crippen LogP) is 8.38. The molecule has 0 radical (unpaired) electrons. The molecule has 238 valence electrons. The second-order valence-corrected chi connectivity index (χ2v) is 13.4. The van der Waals surface area contributed by atoms with Crippen LogP contribution in [0.2, 0.25) is 0 Å². The van der Waals surface area contributed by atoms with E-state index in [0.717, 1.165) is 77.0 Å². The van der Waals surface area contributed by atoms with E-state index in [2.05, 4.69) is 0 Å². The van der Waals surface area contributed by atoms with Gasteiger partial charge in [0, 0.05) is 37.1 Å². The molecule has 0 aliphatic rings. The first-order chi connectivity index (χ1) is 20.2. The van der Waals surface area contributed by atoms with Crippen LogP contribution >= 0.6 is 21.6 Å². The Kier molecular flexibility index (Phi) is 17.2. The number of carboxylic acid groups (broad SMARTS) is 2. The molecule has 0 amide bonds. The van der Waals surface area contributed by atoms with Crippen LogP contribution < -0.4 is 0 Å². The van der Waals surface area contributed by atoms with Crippen LogP contribution in [0.5, 0.6) is 23.5 Å². The van der Waals surface area contributed by atoms with Gasteiger partial charge in [-0.15, -0.1) is 0 Å². The van der Waals surface area contributed by atoms with Gasteiger partial charge in [-0.3, -0.25) is 18.7 Å². The van der Waals surface area contributed by atoms with E-state index >= 15 is 0 Å². The summed E-state index contributed by atoms with van der Waals surface area (Å²) in [6, 6.07) is 5.86. The number of unbranched alkanes of at least 4 members (excludes halogenated alkanes) is 12. The number of aromatic nitrogens is 2. The quantitative estimate of drug-likeness (QED) is 0.0464. The highest BCUT2D eigenvalue weighted by Crippen LogP contribution is 2.50. The van der Waals surface area contributed by atoms with Gasteiger partial charge in [0.2, 0.25) is 0 Å². The summed E-state index contributed by atoms with van der Waals surface area (Å²) in [4.78, 5) is 21.3. The van der Waals surface area contributed by atoms with Gasteiger partial charge in [0.05, 0.1) is 10.7 Å². The molecule has 0 fully saturated rings. The number of aliphatic carboxylic acids is 2. The van der Waals surface area contributed by atoms with Gasteiger partial charge in [-0.2, -0.15) is 0 Å². The molecule has 0 bridgehead atoms. The van der Waals surface area contributed by atoms with E-state index in [9.17, 15) is 30.0 Å². The molecule has 2 unspecified atom stereocenters. The Bertz CT molecular complexity index is 937. The summed E-state index contributed by atoms with van der Waals surface area (Å²) in [6.45, 7) is 0. The molecule has 2 rings (SSSR count). The molecule has 0 saturated heterocycles. The Morgan fingerprint density at radius 1 is 0.500 bits per heavy atom. The topological polar surface area (TPSA) is 165 Å². The highest BCUT2D eigenvalue weighted by molar-refractivity contribution is 8.76. The fourth-order valence-electron chi connectivity index (χ4n) is 4.97. The lowest BCUT2D eigenvalue weighted by atomic mass is 10.1. The van der Waals surface area contributed by atoms with E-state index in [1.165, 1.54) is 55.0 Å². The van der Waals surface area contributed by atoms with E-state index in [4.69, 9.17) is 10.2 Å². The molecule has 0 saturated carbocycles. The Balaban J connectivity index is 1.88.